The van der Waals surface area contributed by atoms with E-state index in [4.69, 9.17) is 10.5 Å². The second kappa shape index (κ2) is 4.88. The molecule has 2 heterocycles. The van der Waals surface area contributed by atoms with E-state index in [2.05, 4.69) is 29.2 Å². The Hall–Kier alpha value is -1.71. The molecular formula is C15H16N2O. The molecule has 0 aliphatic carbocycles. The van der Waals surface area contributed by atoms with Crippen LogP contribution in [0.4, 0.5) is 0 Å². The fourth-order valence-corrected chi connectivity index (χ4v) is 2.43. The van der Waals surface area contributed by atoms with Crippen molar-refractivity contribution in [3.05, 3.63) is 53.9 Å². The summed E-state index contributed by atoms with van der Waals surface area (Å²) in [6.07, 6.45) is 4.67. The fraction of sp³-hybridized carbons (Fsp3) is 0.267. The number of pyridine rings is 1. The summed E-state index contributed by atoms with van der Waals surface area (Å²) in [5.41, 5.74) is 10.6. The number of nitrogens with two attached hydrogens (primary N) is 1. The van der Waals surface area contributed by atoms with Gasteiger partial charge in [0.1, 0.15) is 0 Å². The van der Waals surface area contributed by atoms with E-state index in [9.17, 15) is 0 Å². The highest BCUT2D eigenvalue weighted by Gasteiger charge is 2.19. The Kier molecular flexibility index (Phi) is 3.09. The largest absolute Gasteiger partial charge is 0.372 e. The first-order valence-electron chi connectivity index (χ1n) is 6.23. The number of ether oxygens (including phenoxy) is 1. The van der Waals surface area contributed by atoms with Crippen molar-refractivity contribution in [1.82, 2.24) is 4.98 Å². The fourth-order valence-electron chi connectivity index (χ4n) is 2.43. The van der Waals surface area contributed by atoms with Gasteiger partial charge in [0.25, 0.3) is 0 Å². The molecule has 2 N–H and O–H groups in total. The van der Waals surface area contributed by atoms with E-state index in [-0.39, 0.29) is 6.10 Å². The summed E-state index contributed by atoms with van der Waals surface area (Å²) in [5, 5.41) is 0. The molecule has 2 aromatic rings. The van der Waals surface area contributed by atoms with Crippen LogP contribution in [0.25, 0.3) is 11.1 Å². The average Bonchev–Trinajstić information content (AvgIpc) is 2.47. The number of nitrogens with zero attached hydrogens (tertiary/aromatic N) is 1. The quantitative estimate of drug-likeness (QED) is 0.876. The van der Waals surface area contributed by atoms with Gasteiger partial charge in [-0.15, -0.1) is 0 Å². The lowest BCUT2D eigenvalue weighted by Gasteiger charge is -2.25. The Morgan fingerprint density at radius 1 is 1.28 bits per heavy atom. The first kappa shape index (κ1) is 11.4. The Balaban J connectivity index is 2.04. The van der Waals surface area contributed by atoms with E-state index in [0.717, 1.165) is 18.6 Å². The van der Waals surface area contributed by atoms with E-state index in [1.165, 1.54) is 16.7 Å². The smallest absolute Gasteiger partial charge is 0.0950 e. The summed E-state index contributed by atoms with van der Waals surface area (Å²) in [7, 11) is 0. The van der Waals surface area contributed by atoms with E-state index < -0.39 is 0 Å². The molecule has 1 atom stereocenters. The van der Waals surface area contributed by atoms with Gasteiger partial charge in [0.15, 0.2) is 0 Å². The highest BCUT2D eigenvalue weighted by molar-refractivity contribution is 5.64. The van der Waals surface area contributed by atoms with Gasteiger partial charge in [-0.1, -0.05) is 18.2 Å². The lowest BCUT2D eigenvalue weighted by atomic mass is 9.93. The Morgan fingerprint density at radius 3 is 3.00 bits per heavy atom. The standard InChI is InChI=1S/C15H16N2O/c16-9-15-14-8-12(13-2-1-6-17-10-13)4-3-11(14)5-7-18-15/h1-4,6,8,10,15H,5,7,9,16H2/t15-/m1/s1. The van der Waals surface area contributed by atoms with Gasteiger partial charge in [0.2, 0.25) is 0 Å². The van der Waals surface area contributed by atoms with Crippen LogP contribution in [0.2, 0.25) is 0 Å². The number of benzene rings is 1. The molecule has 0 unspecified atom stereocenters. The Bertz CT molecular complexity index is 539. The maximum Gasteiger partial charge on any atom is 0.0950 e. The molecule has 0 radical (unpaired) electrons. The number of hydrogen-bond donors (Lipinski definition) is 1. The molecule has 3 rings (SSSR count). The van der Waals surface area contributed by atoms with Gasteiger partial charge in [-0.2, -0.15) is 0 Å². The SMILES string of the molecule is NC[C@H]1OCCc2ccc(-c3cccnc3)cc21. The second-order valence-electron chi connectivity index (χ2n) is 4.50. The summed E-state index contributed by atoms with van der Waals surface area (Å²) in [6.45, 7) is 1.30. The van der Waals surface area contributed by atoms with Gasteiger partial charge in [-0.05, 0) is 40.8 Å². The molecule has 0 saturated carbocycles. The van der Waals surface area contributed by atoms with Crippen molar-refractivity contribution in [1.29, 1.82) is 0 Å². The number of fused-ring (bicyclic) bond motifs is 1. The van der Waals surface area contributed by atoms with Crippen molar-refractivity contribution >= 4 is 0 Å². The molecule has 3 heteroatoms. The van der Waals surface area contributed by atoms with Crippen LogP contribution in [0, 0.1) is 0 Å². The van der Waals surface area contributed by atoms with E-state index in [1.54, 1.807) is 6.20 Å². The molecule has 1 aliphatic rings. The molecule has 1 aromatic carbocycles. The second-order valence-corrected chi connectivity index (χ2v) is 4.50. The topological polar surface area (TPSA) is 48.1 Å². The summed E-state index contributed by atoms with van der Waals surface area (Å²) in [6, 6.07) is 10.5. The van der Waals surface area contributed by atoms with Crippen molar-refractivity contribution in [3.8, 4) is 11.1 Å². The van der Waals surface area contributed by atoms with Crippen LogP contribution in [-0.4, -0.2) is 18.1 Å². The molecule has 18 heavy (non-hydrogen) atoms. The van der Waals surface area contributed by atoms with Gasteiger partial charge in [0, 0.05) is 18.9 Å². The van der Waals surface area contributed by atoms with E-state index >= 15 is 0 Å². The third kappa shape index (κ3) is 2.03. The van der Waals surface area contributed by atoms with Gasteiger partial charge >= 0.3 is 0 Å². The van der Waals surface area contributed by atoms with Gasteiger partial charge in [0.05, 0.1) is 12.7 Å². The van der Waals surface area contributed by atoms with Crippen LogP contribution in [0.3, 0.4) is 0 Å². The minimum absolute atomic E-state index is 0.0328. The maximum absolute atomic E-state index is 5.77. The first-order valence-corrected chi connectivity index (χ1v) is 6.23. The predicted molar refractivity (Wildman–Crippen MR) is 71.1 cm³/mol. The molecule has 3 nitrogen and oxygen atoms in total. The molecule has 92 valence electrons. The van der Waals surface area contributed by atoms with Crippen LogP contribution in [0.15, 0.2) is 42.7 Å². The summed E-state index contributed by atoms with van der Waals surface area (Å²) in [4.78, 5) is 4.16. The third-order valence-corrected chi connectivity index (χ3v) is 3.39. The first-order chi connectivity index (χ1) is 8.88. The molecule has 1 aliphatic heterocycles. The Labute approximate surface area is 107 Å². The highest BCUT2D eigenvalue weighted by atomic mass is 16.5. The van der Waals surface area contributed by atoms with Crippen LogP contribution in [0.1, 0.15) is 17.2 Å². The van der Waals surface area contributed by atoms with Crippen LogP contribution in [0.5, 0.6) is 0 Å². The van der Waals surface area contributed by atoms with Crippen molar-refractivity contribution in [2.45, 2.75) is 12.5 Å². The zero-order valence-electron chi connectivity index (χ0n) is 10.2. The molecular weight excluding hydrogens is 224 g/mol. The zero-order chi connectivity index (χ0) is 12.4. The van der Waals surface area contributed by atoms with E-state index in [1.807, 2.05) is 12.3 Å². The van der Waals surface area contributed by atoms with Crippen LogP contribution < -0.4 is 5.73 Å². The minimum atomic E-state index is 0.0328. The van der Waals surface area contributed by atoms with Crippen molar-refractivity contribution < 1.29 is 4.74 Å². The molecule has 1 aromatic heterocycles. The lowest BCUT2D eigenvalue weighted by molar-refractivity contribution is 0.0485. The number of rotatable bonds is 2. The van der Waals surface area contributed by atoms with Crippen molar-refractivity contribution in [2.75, 3.05) is 13.2 Å². The normalized spacial score (nSPS) is 18.4. The van der Waals surface area contributed by atoms with Gasteiger partial charge in [-0.3, -0.25) is 4.98 Å². The summed E-state index contributed by atoms with van der Waals surface area (Å²) < 4.78 is 5.70. The van der Waals surface area contributed by atoms with E-state index in [0.29, 0.717) is 6.54 Å². The zero-order valence-corrected chi connectivity index (χ0v) is 10.2. The van der Waals surface area contributed by atoms with Crippen molar-refractivity contribution in [2.24, 2.45) is 5.73 Å². The monoisotopic (exact) mass is 240 g/mol. The predicted octanol–water partition coefficient (Wildman–Crippen LogP) is 2.32. The lowest BCUT2D eigenvalue weighted by Crippen LogP contribution is -2.23. The van der Waals surface area contributed by atoms with Crippen LogP contribution in [-0.2, 0) is 11.2 Å². The third-order valence-electron chi connectivity index (χ3n) is 3.39. The number of hydrogen-bond acceptors (Lipinski definition) is 3. The van der Waals surface area contributed by atoms with Gasteiger partial charge < -0.3 is 10.5 Å². The summed E-state index contributed by atoms with van der Waals surface area (Å²) in [5.74, 6) is 0. The van der Waals surface area contributed by atoms with Gasteiger partial charge in [-0.25, -0.2) is 0 Å². The maximum atomic E-state index is 5.77. The van der Waals surface area contributed by atoms with Crippen molar-refractivity contribution in [3.63, 3.8) is 0 Å². The molecule has 0 amide bonds. The Morgan fingerprint density at radius 2 is 2.22 bits per heavy atom. The summed E-state index contributed by atoms with van der Waals surface area (Å²) >= 11 is 0. The highest BCUT2D eigenvalue weighted by Crippen LogP contribution is 2.30. The average molecular weight is 240 g/mol. The van der Waals surface area contributed by atoms with Crippen LogP contribution >= 0.6 is 0 Å². The molecule has 0 fully saturated rings. The number of aromatic nitrogens is 1. The molecule has 0 saturated heterocycles. The molecule has 0 spiro atoms. The minimum Gasteiger partial charge on any atom is -0.372 e. The molecule has 0 bridgehead atoms.